The second kappa shape index (κ2) is 7.79. The summed E-state index contributed by atoms with van der Waals surface area (Å²) in [5.74, 6) is 0.281. The normalized spacial score (nSPS) is 10.6. The van der Waals surface area contributed by atoms with Gasteiger partial charge < -0.3 is 14.6 Å². The van der Waals surface area contributed by atoms with Crippen molar-refractivity contribution in [2.24, 2.45) is 0 Å². The van der Waals surface area contributed by atoms with Crippen LogP contribution in [0.25, 0.3) is 10.6 Å². The quantitative estimate of drug-likeness (QED) is 0.679. The lowest BCUT2D eigenvalue weighted by molar-refractivity contribution is 0.0701. The van der Waals surface area contributed by atoms with Crippen LogP contribution in [0.15, 0.2) is 16.6 Å². The topological polar surface area (TPSA) is 68.7 Å². The lowest BCUT2D eigenvalue weighted by Gasteiger charge is -2.13. The van der Waals surface area contributed by atoms with Crippen molar-refractivity contribution in [3.63, 3.8) is 0 Å². The zero-order chi connectivity index (χ0) is 17.0. The molecule has 0 unspecified atom stereocenters. The molecule has 23 heavy (non-hydrogen) atoms. The van der Waals surface area contributed by atoms with Gasteiger partial charge in [0.1, 0.15) is 9.88 Å². The van der Waals surface area contributed by atoms with E-state index >= 15 is 0 Å². The SMILES string of the molecule is CCCCOc1c(Br)cc(-c2nc(C)c(C(=O)O)s2)cc1OC. The van der Waals surface area contributed by atoms with Crippen molar-refractivity contribution in [2.45, 2.75) is 26.7 Å². The molecule has 0 atom stereocenters. The minimum Gasteiger partial charge on any atom is -0.493 e. The number of benzene rings is 1. The molecule has 0 aliphatic carbocycles. The summed E-state index contributed by atoms with van der Waals surface area (Å²) in [6.45, 7) is 4.41. The molecule has 5 nitrogen and oxygen atoms in total. The van der Waals surface area contributed by atoms with Crippen LogP contribution in [0.4, 0.5) is 0 Å². The van der Waals surface area contributed by atoms with Gasteiger partial charge in [-0.05, 0) is 41.4 Å². The molecule has 0 aliphatic heterocycles. The highest BCUT2D eigenvalue weighted by Crippen LogP contribution is 2.41. The first-order valence-electron chi connectivity index (χ1n) is 7.19. The number of methoxy groups -OCH3 is 1. The number of hydrogen-bond acceptors (Lipinski definition) is 5. The number of ether oxygens (including phenoxy) is 2. The number of halogens is 1. The highest BCUT2D eigenvalue weighted by molar-refractivity contribution is 9.10. The van der Waals surface area contributed by atoms with Crippen LogP contribution in [-0.2, 0) is 0 Å². The molecule has 2 aromatic rings. The maximum atomic E-state index is 11.2. The molecule has 0 radical (unpaired) electrons. The lowest BCUT2D eigenvalue weighted by Crippen LogP contribution is -2.00. The molecule has 0 fully saturated rings. The van der Waals surface area contributed by atoms with Crippen LogP contribution < -0.4 is 9.47 Å². The maximum Gasteiger partial charge on any atom is 0.347 e. The van der Waals surface area contributed by atoms with E-state index in [1.165, 1.54) is 0 Å². The van der Waals surface area contributed by atoms with E-state index in [1.54, 1.807) is 14.0 Å². The van der Waals surface area contributed by atoms with Crippen molar-refractivity contribution < 1.29 is 19.4 Å². The van der Waals surface area contributed by atoms with Crippen molar-refractivity contribution in [3.8, 4) is 22.1 Å². The Morgan fingerprint density at radius 2 is 2.17 bits per heavy atom. The van der Waals surface area contributed by atoms with Crippen molar-refractivity contribution >= 4 is 33.2 Å². The van der Waals surface area contributed by atoms with Crippen LogP contribution in [0.2, 0.25) is 0 Å². The van der Waals surface area contributed by atoms with Crippen LogP contribution in [0, 0.1) is 6.92 Å². The summed E-state index contributed by atoms with van der Waals surface area (Å²) in [5.41, 5.74) is 1.30. The summed E-state index contributed by atoms with van der Waals surface area (Å²) >= 11 is 4.65. The second-order valence-corrected chi connectivity index (χ2v) is 6.78. The predicted molar refractivity (Wildman–Crippen MR) is 93.9 cm³/mol. The number of carbonyl (C=O) groups is 1. The summed E-state index contributed by atoms with van der Waals surface area (Å²) in [4.78, 5) is 15.8. The number of aromatic carboxylic acids is 1. The van der Waals surface area contributed by atoms with Crippen LogP contribution in [0.5, 0.6) is 11.5 Å². The third-order valence-electron chi connectivity index (χ3n) is 3.21. The van der Waals surface area contributed by atoms with Crippen molar-refractivity contribution in [3.05, 3.63) is 27.2 Å². The molecule has 0 bridgehead atoms. The number of hydrogen-bond donors (Lipinski definition) is 1. The van der Waals surface area contributed by atoms with Crippen LogP contribution >= 0.6 is 27.3 Å². The molecule has 0 saturated heterocycles. The smallest absolute Gasteiger partial charge is 0.347 e. The number of carboxylic acids is 1. The van der Waals surface area contributed by atoms with Gasteiger partial charge in [0.2, 0.25) is 0 Å². The summed E-state index contributed by atoms with van der Waals surface area (Å²) in [5, 5.41) is 9.80. The summed E-state index contributed by atoms with van der Waals surface area (Å²) in [6, 6.07) is 3.68. The molecule has 1 heterocycles. The number of carboxylic acid groups (broad SMARTS) is 1. The lowest BCUT2D eigenvalue weighted by atomic mass is 10.2. The van der Waals surface area contributed by atoms with Gasteiger partial charge in [0.05, 0.1) is 23.9 Å². The van der Waals surface area contributed by atoms with Crippen LogP contribution in [-0.4, -0.2) is 29.8 Å². The van der Waals surface area contributed by atoms with Gasteiger partial charge in [-0.2, -0.15) is 0 Å². The molecule has 0 amide bonds. The number of unbranched alkanes of at least 4 members (excludes halogenated alkanes) is 1. The summed E-state index contributed by atoms with van der Waals surface area (Å²) < 4.78 is 11.9. The van der Waals surface area contributed by atoms with Crippen LogP contribution in [0.1, 0.15) is 35.1 Å². The maximum absolute atomic E-state index is 11.2. The summed E-state index contributed by atoms with van der Waals surface area (Å²) in [7, 11) is 1.58. The molecular weight excluding hydrogens is 382 g/mol. The first kappa shape index (κ1) is 17.7. The van der Waals surface area contributed by atoms with Gasteiger partial charge in [-0.3, -0.25) is 0 Å². The van der Waals surface area contributed by atoms with Gasteiger partial charge in [0.25, 0.3) is 0 Å². The van der Waals surface area contributed by atoms with Crippen molar-refractivity contribution in [1.29, 1.82) is 0 Å². The Morgan fingerprint density at radius 1 is 1.43 bits per heavy atom. The monoisotopic (exact) mass is 399 g/mol. The number of aryl methyl sites for hydroxylation is 1. The van der Waals surface area contributed by atoms with E-state index in [2.05, 4.69) is 27.8 Å². The average molecular weight is 400 g/mol. The van der Waals surface area contributed by atoms with E-state index in [4.69, 9.17) is 14.6 Å². The van der Waals surface area contributed by atoms with Crippen molar-refractivity contribution in [2.75, 3.05) is 13.7 Å². The van der Waals surface area contributed by atoms with Gasteiger partial charge >= 0.3 is 5.97 Å². The molecular formula is C16H18BrNO4S. The Kier molecular flexibility index (Phi) is 6.01. The zero-order valence-corrected chi connectivity index (χ0v) is 15.6. The molecule has 1 aromatic carbocycles. The van der Waals surface area contributed by atoms with E-state index in [1.807, 2.05) is 12.1 Å². The third kappa shape index (κ3) is 4.03. The molecule has 1 aromatic heterocycles. The van der Waals surface area contributed by atoms with E-state index in [0.29, 0.717) is 28.8 Å². The Hall–Kier alpha value is -1.60. The van der Waals surface area contributed by atoms with Crippen LogP contribution in [0.3, 0.4) is 0 Å². The molecule has 0 aliphatic rings. The molecule has 0 saturated carbocycles. The predicted octanol–water partition coefficient (Wildman–Crippen LogP) is 4.77. The number of aromatic nitrogens is 1. The van der Waals surface area contributed by atoms with Gasteiger partial charge in [-0.1, -0.05) is 13.3 Å². The fourth-order valence-electron chi connectivity index (χ4n) is 2.02. The Morgan fingerprint density at radius 3 is 2.74 bits per heavy atom. The van der Waals surface area contributed by atoms with Gasteiger partial charge in [-0.25, -0.2) is 9.78 Å². The largest absolute Gasteiger partial charge is 0.493 e. The molecule has 0 spiro atoms. The number of nitrogens with zero attached hydrogens (tertiary/aromatic N) is 1. The number of rotatable bonds is 7. The Balaban J connectivity index is 2.39. The van der Waals surface area contributed by atoms with E-state index < -0.39 is 5.97 Å². The first-order chi connectivity index (χ1) is 11.0. The fraction of sp³-hybridized carbons (Fsp3) is 0.375. The highest BCUT2D eigenvalue weighted by Gasteiger charge is 2.18. The Bertz CT molecular complexity index is 714. The van der Waals surface area contributed by atoms with Gasteiger partial charge in [-0.15, -0.1) is 11.3 Å². The zero-order valence-electron chi connectivity index (χ0n) is 13.2. The van der Waals surface area contributed by atoms with E-state index in [0.717, 1.165) is 34.2 Å². The molecule has 2 rings (SSSR count). The minimum absolute atomic E-state index is 0.248. The molecule has 1 N–H and O–H groups in total. The first-order valence-corrected chi connectivity index (χ1v) is 8.80. The molecule has 124 valence electrons. The third-order valence-corrected chi connectivity index (χ3v) is 5.00. The highest BCUT2D eigenvalue weighted by atomic mass is 79.9. The fourth-order valence-corrected chi connectivity index (χ4v) is 3.47. The summed E-state index contributed by atoms with van der Waals surface area (Å²) in [6.07, 6.45) is 2.01. The average Bonchev–Trinajstić information content (AvgIpc) is 2.90. The van der Waals surface area contributed by atoms with Crippen molar-refractivity contribution in [1.82, 2.24) is 4.98 Å². The Labute approximate surface area is 147 Å². The minimum atomic E-state index is -0.961. The number of thiazole rings is 1. The van der Waals surface area contributed by atoms with E-state index in [-0.39, 0.29) is 4.88 Å². The van der Waals surface area contributed by atoms with Gasteiger partial charge in [0.15, 0.2) is 11.5 Å². The van der Waals surface area contributed by atoms with Gasteiger partial charge in [0, 0.05) is 5.56 Å². The second-order valence-electron chi connectivity index (χ2n) is 4.93. The molecule has 7 heteroatoms. The van der Waals surface area contributed by atoms with E-state index in [9.17, 15) is 4.79 Å². The standard InChI is InChI=1S/C16H18BrNO4S/c1-4-5-6-22-13-11(17)7-10(8-12(13)21-3)15-18-9(2)14(23-15)16(19)20/h7-8H,4-6H2,1-3H3,(H,19,20).